The van der Waals surface area contributed by atoms with Crippen molar-refractivity contribution < 1.29 is 0 Å². The summed E-state index contributed by atoms with van der Waals surface area (Å²) in [6.07, 6.45) is 4.00. The van der Waals surface area contributed by atoms with Crippen molar-refractivity contribution in [2.24, 2.45) is 0 Å². The second-order valence-electron chi connectivity index (χ2n) is 6.43. The van der Waals surface area contributed by atoms with Crippen LogP contribution in [0.15, 0.2) is 49.6 Å². The normalized spacial score (nSPS) is 17.6. The van der Waals surface area contributed by atoms with Crippen LogP contribution in [0.4, 0.5) is 0 Å². The first-order valence-corrected chi connectivity index (χ1v) is 8.02. The van der Waals surface area contributed by atoms with Crippen LogP contribution in [0.25, 0.3) is 10.8 Å². The van der Waals surface area contributed by atoms with Crippen LogP contribution in [0.5, 0.6) is 0 Å². The highest BCUT2D eigenvalue weighted by molar-refractivity contribution is 5.95. The molecule has 0 spiro atoms. The Hall–Kier alpha value is -1.90. The molecule has 2 heterocycles. The van der Waals surface area contributed by atoms with Crippen LogP contribution in [-0.2, 0) is 26.2 Å². The van der Waals surface area contributed by atoms with E-state index in [1.165, 1.54) is 33.0 Å². The third-order valence-electron chi connectivity index (χ3n) is 4.86. The largest absolute Gasteiger partial charge is 0.291 e. The van der Waals surface area contributed by atoms with Crippen LogP contribution < -0.4 is 0 Å². The van der Waals surface area contributed by atoms with Gasteiger partial charge in [0.05, 0.1) is 0 Å². The minimum atomic E-state index is 0.956. The first-order valence-electron chi connectivity index (χ1n) is 8.02. The Labute approximate surface area is 132 Å². The average molecular weight is 290 g/mol. The summed E-state index contributed by atoms with van der Waals surface area (Å²) in [5, 5.41) is 3.04. The van der Waals surface area contributed by atoms with Gasteiger partial charge in [-0.1, -0.05) is 36.4 Å². The number of rotatable bonds is 4. The fraction of sp³-hybridized carbons (Fsp3) is 0.300. The van der Waals surface area contributed by atoms with E-state index in [9.17, 15) is 0 Å². The average Bonchev–Trinajstić information content (AvgIpc) is 2.53. The molecule has 2 aromatic rings. The lowest BCUT2D eigenvalue weighted by Crippen LogP contribution is -2.29. The van der Waals surface area contributed by atoms with E-state index in [4.69, 9.17) is 0 Å². The smallest absolute Gasteiger partial charge is 0.0246 e. The van der Waals surface area contributed by atoms with Crippen LogP contribution in [0, 0.1) is 0 Å². The first-order chi connectivity index (χ1) is 10.8. The zero-order chi connectivity index (χ0) is 15.1. The summed E-state index contributed by atoms with van der Waals surface area (Å²) in [5.74, 6) is 0. The zero-order valence-corrected chi connectivity index (χ0v) is 13.0. The Bertz CT molecular complexity index is 645. The van der Waals surface area contributed by atoms with E-state index in [1.54, 1.807) is 0 Å². The van der Waals surface area contributed by atoms with Crippen molar-refractivity contribution >= 4 is 10.8 Å². The standard InChI is InChI=1S/C20H22N2/c1-3-9-21-11-15-5-7-17-13-22(10-4-2)14-18-8-6-16(12-21)19(15)20(17)18/h3-8H,1-2,9-14H2. The topological polar surface area (TPSA) is 6.48 Å². The van der Waals surface area contributed by atoms with Gasteiger partial charge in [0.25, 0.3) is 0 Å². The predicted molar refractivity (Wildman–Crippen MR) is 92.6 cm³/mol. The highest BCUT2D eigenvalue weighted by atomic mass is 15.1. The Balaban J connectivity index is 1.83. The van der Waals surface area contributed by atoms with Crippen LogP contribution in [-0.4, -0.2) is 22.9 Å². The fourth-order valence-corrected chi connectivity index (χ4v) is 4.02. The molecule has 0 aromatic heterocycles. The van der Waals surface area contributed by atoms with Gasteiger partial charge in [0, 0.05) is 39.3 Å². The highest BCUT2D eigenvalue weighted by Crippen LogP contribution is 2.37. The SMILES string of the molecule is C=CCN1Cc2ccc3c4c(ccc(c24)C1)CN(CC=C)C3. The van der Waals surface area contributed by atoms with E-state index in [1.807, 2.05) is 12.2 Å². The van der Waals surface area contributed by atoms with Crippen LogP contribution in [0.1, 0.15) is 22.3 Å². The van der Waals surface area contributed by atoms with Crippen molar-refractivity contribution in [2.75, 3.05) is 13.1 Å². The third kappa shape index (κ3) is 2.11. The summed E-state index contributed by atoms with van der Waals surface area (Å²) >= 11 is 0. The molecule has 4 rings (SSSR count). The molecule has 2 heteroatoms. The number of hydrogen-bond acceptors (Lipinski definition) is 2. The summed E-state index contributed by atoms with van der Waals surface area (Å²) in [7, 11) is 0. The molecule has 0 aliphatic carbocycles. The van der Waals surface area contributed by atoms with Gasteiger partial charge in [0.1, 0.15) is 0 Å². The summed E-state index contributed by atoms with van der Waals surface area (Å²) in [6, 6.07) is 9.32. The minimum absolute atomic E-state index is 0.956. The van der Waals surface area contributed by atoms with Gasteiger partial charge in [-0.15, -0.1) is 13.2 Å². The third-order valence-corrected chi connectivity index (χ3v) is 4.86. The van der Waals surface area contributed by atoms with Crippen molar-refractivity contribution in [1.82, 2.24) is 9.80 Å². The molecular formula is C20H22N2. The first kappa shape index (κ1) is 13.7. The van der Waals surface area contributed by atoms with Gasteiger partial charge < -0.3 is 0 Å². The minimum Gasteiger partial charge on any atom is -0.291 e. The van der Waals surface area contributed by atoms with Gasteiger partial charge in [-0.05, 0) is 33.0 Å². The van der Waals surface area contributed by atoms with Crippen LogP contribution in [0.3, 0.4) is 0 Å². The van der Waals surface area contributed by atoms with Crippen LogP contribution in [0.2, 0.25) is 0 Å². The monoisotopic (exact) mass is 290 g/mol. The van der Waals surface area contributed by atoms with Crippen molar-refractivity contribution in [3.05, 3.63) is 71.8 Å². The molecule has 0 bridgehead atoms. The lowest BCUT2D eigenvalue weighted by Gasteiger charge is -2.33. The predicted octanol–water partition coefficient (Wildman–Crippen LogP) is 3.84. The van der Waals surface area contributed by atoms with Gasteiger partial charge in [-0.3, -0.25) is 9.80 Å². The molecule has 0 N–H and O–H groups in total. The maximum absolute atomic E-state index is 3.88. The molecule has 0 radical (unpaired) electrons. The Kier molecular flexibility index (Phi) is 3.36. The van der Waals surface area contributed by atoms with E-state index in [0.717, 1.165) is 39.3 Å². The maximum Gasteiger partial charge on any atom is 0.0246 e. The van der Waals surface area contributed by atoms with Gasteiger partial charge in [-0.25, -0.2) is 0 Å². The number of nitrogens with zero attached hydrogens (tertiary/aromatic N) is 2. The fourth-order valence-electron chi connectivity index (χ4n) is 4.02. The molecule has 0 fully saturated rings. The second kappa shape index (κ2) is 5.38. The summed E-state index contributed by atoms with van der Waals surface area (Å²) in [5.41, 5.74) is 5.89. The summed E-state index contributed by atoms with van der Waals surface area (Å²) in [6.45, 7) is 13.8. The molecule has 0 amide bonds. The van der Waals surface area contributed by atoms with Gasteiger partial charge >= 0.3 is 0 Å². The zero-order valence-electron chi connectivity index (χ0n) is 13.0. The van der Waals surface area contributed by atoms with Gasteiger partial charge in [-0.2, -0.15) is 0 Å². The van der Waals surface area contributed by atoms with Crippen molar-refractivity contribution in [3.8, 4) is 0 Å². The van der Waals surface area contributed by atoms with E-state index >= 15 is 0 Å². The summed E-state index contributed by atoms with van der Waals surface area (Å²) in [4.78, 5) is 4.92. The Morgan fingerprint density at radius 1 is 0.682 bits per heavy atom. The summed E-state index contributed by atoms with van der Waals surface area (Å²) < 4.78 is 0. The van der Waals surface area contributed by atoms with Gasteiger partial charge in [0.15, 0.2) is 0 Å². The molecule has 0 unspecified atom stereocenters. The van der Waals surface area contributed by atoms with E-state index in [0.29, 0.717) is 0 Å². The molecule has 22 heavy (non-hydrogen) atoms. The number of hydrogen-bond donors (Lipinski definition) is 0. The number of benzene rings is 2. The second-order valence-corrected chi connectivity index (χ2v) is 6.43. The highest BCUT2D eigenvalue weighted by Gasteiger charge is 2.24. The molecule has 112 valence electrons. The van der Waals surface area contributed by atoms with Crippen molar-refractivity contribution in [3.63, 3.8) is 0 Å². The maximum atomic E-state index is 3.88. The van der Waals surface area contributed by atoms with Gasteiger partial charge in [0.2, 0.25) is 0 Å². The van der Waals surface area contributed by atoms with E-state index < -0.39 is 0 Å². The lowest BCUT2D eigenvalue weighted by atomic mass is 9.87. The molecular weight excluding hydrogens is 268 g/mol. The quantitative estimate of drug-likeness (QED) is 0.789. The van der Waals surface area contributed by atoms with Crippen LogP contribution >= 0.6 is 0 Å². The van der Waals surface area contributed by atoms with Crippen molar-refractivity contribution in [2.45, 2.75) is 26.2 Å². The molecule has 2 aliphatic heterocycles. The van der Waals surface area contributed by atoms with E-state index in [-0.39, 0.29) is 0 Å². The Morgan fingerprint density at radius 2 is 1.00 bits per heavy atom. The molecule has 0 saturated heterocycles. The Morgan fingerprint density at radius 3 is 1.27 bits per heavy atom. The molecule has 2 aliphatic rings. The molecule has 0 saturated carbocycles. The lowest BCUT2D eigenvalue weighted by molar-refractivity contribution is 0.276. The molecule has 0 atom stereocenters. The van der Waals surface area contributed by atoms with E-state index in [2.05, 4.69) is 47.2 Å². The molecule has 2 aromatic carbocycles. The van der Waals surface area contributed by atoms with Crippen molar-refractivity contribution in [1.29, 1.82) is 0 Å². The molecule has 2 nitrogen and oxygen atoms in total.